The molecule has 1 saturated carbocycles. The molecule has 154 valence electrons. The van der Waals surface area contributed by atoms with E-state index in [2.05, 4.69) is 68.5 Å². The minimum Gasteiger partial charge on any atom is -0.375 e. The summed E-state index contributed by atoms with van der Waals surface area (Å²) in [5, 5.41) is 15.1. The van der Waals surface area contributed by atoms with E-state index in [1.807, 2.05) is 6.07 Å². The first-order valence-electron chi connectivity index (χ1n) is 9.94. The SMILES string of the molecule is CCc1nncn1CCNC(=NCCCN(C)c1ccccc1)NC1CC1.I. The molecule has 1 aromatic heterocycles. The summed E-state index contributed by atoms with van der Waals surface area (Å²) in [5.41, 5.74) is 1.25. The molecular formula is C20H32IN7. The summed E-state index contributed by atoms with van der Waals surface area (Å²) in [5.74, 6) is 1.94. The molecule has 0 bridgehead atoms. The van der Waals surface area contributed by atoms with Crippen LogP contribution in [0.5, 0.6) is 0 Å². The molecule has 0 aliphatic heterocycles. The Kier molecular flexibility index (Phi) is 9.52. The quantitative estimate of drug-likeness (QED) is 0.229. The van der Waals surface area contributed by atoms with Crippen molar-refractivity contribution in [3.8, 4) is 0 Å². The molecule has 0 atom stereocenters. The molecule has 0 radical (unpaired) electrons. The van der Waals surface area contributed by atoms with Gasteiger partial charge in [-0.1, -0.05) is 25.1 Å². The molecule has 0 unspecified atom stereocenters. The highest BCUT2D eigenvalue weighted by atomic mass is 127. The highest BCUT2D eigenvalue weighted by Crippen LogP contribution is 2.18. The van der Waals surface area contributed by atoms with Crippen molar-refractivity contribution in [1.82, 2.24) is 25.4 Å². The standard InChI is InChI=1S/C20H31N7.HI/c1-3-19-25-23-16-27(19)15-13-22-20(24-17-10-11-17)21-12-7-14-26(2)18-8-5-4-6-9-18;/h4-6,8-9,16-17H,3,7,10-15H2,1-2H3,(H2,21,22,24);1H. The Labute approximate surface area is 185 Å². The summed E-state index contributed by atoms with van der Waals surface area (Å²) < 4.78 is 2.09. The van der Waals surface area contributed by atoms with Crippen molar-refractivity contribution < 1.29 is 0 Å². The first-order chi connectivity index (χ1) is 13.3. The number of aliphatic imine (C=N–C) groups is 1. The van der Waals surface area contributed by atoms with Crippen LogP contribution in [0.1, 0.15) is 32.0 Å². The first kappa shape index (κ1) is 22.4. The number of aromatic nitrogens is 3. The van der Waals surface area contributed by atoms with Crippen molar-refractivity contribution in [3.63, 3.8) is 0 Å². The summed E-state index contributed by atoms with van der Waals surface area (Å²) in [6.45, 7) is 5.56. The molecule has 2 aromatic rings. The minimum atomic E-state index is 0. The number of benzene rings is 1. The average Bonchev–Trinajstić information content (AvgIpc) is 3.40. The second kappa shape index (κ2) is 11.9. The zero-order valence-corrected chi connectivity index (χ0v) is 19.2. The molecule has 8 heteroatoms. The number of rotatable bonds is 10. The lowest BCUT2D eigenvalue weighted by Gasteiger charge is -2.18. The van der Waals surface area contributed by atoms with E-state index in [0.717, 1.165) is 50.8 Å². The summed E-state index contributed by atoms with van der Waals surface area (Å²) in [6.07, 6.45) is 6.20. The number of para-hydroxylation sites is 1. The molecule has 1 aromatic carbocycles. The lowest BCUT2D eigenvalue weighted by molar-refractivity contribution is 0.630. The van der Waals surface area contributed by atoms with Crippen LogP contribution in [0.4, 0.5) is 5.69 Å². The number of hydrogen-bond donors (Lipinski definition) is 2. The van der Waals surface area contributed by atoms with Crippen LogP contribution >= 0.6 is 24.0 Å². The van der Waals surface area contributed by atoms with Crippen molar-refractivity contribution in [2.45, 2.75) is 45.2 Å². The van der Waals surface area contributed by atoms with Crippen LogP contribution in [0.3, 0.4) is 0 Å². The largest absolute Gasteiger partial charge is 0.375 e. The molecule has 7 nitrogen and oxygen atoms in total. The van der Waals surface area contributed by atoms with Gasteiger partial charge in [0, 0.05) is 51.4 Å². The Morgan fingerprint density at radius 1 is 1.29 bits per heavy atom. The lowest BCUT2D eigenvalue weighted by atomic mass is 10.3. The Morgan fingerprint density at radius 3 is 2.79 bits per heavy atom. The predicted octanol–water partition coefficient (Wildman–Crippen LogP) is 2.68. The summed E-state index contributed by atoms with van der Waals surface area (Å²) in [6, 6.07) is 11.1. The number of nitrogens with one attached hydrogen (secondary N) is 2. The molecule has 2 N–H and O–H groups in total. The molecule has 1 heterocycles. The van der Waals surface area contributed by atoms with Gasteiger partial charge in [0.1, 0.15) is 12.2 Å². The van der Waals surface area contributed by atoms with Gasteiger partial charge < -0.3 is 20.1 Å². The van der Waals surface area contributed by atoms with Gasteiger partial charge in [0.25, 0.3) is 0 Å². The van der Waals surface area contributed by atoms with Crippen LogP contribution in [0.25, 0.3) is 0 Å². The van der Waals surface area contributed by atoms with Crippen LogP contribution in [0.15, 0.2) is 41.7 Å². The molecule has 0 saturated heterocycles. The maximum absolute atomic E-state index is 4.76. The van der Waals surface area contributed by atoms with Crippen LogP contribution in [0, 0.1) is 0 Å². The van der Waals surface area contributed by atoms with Crippen molar-refractivity contribution in [2.75, 3.05) is 31.6 Å². The highest BCUT2D eigenvalue weighted by Gasteiger charge is 2.22. The summed E-state index contributed by atoms with van der Waals surface area (Å²) in [7, 11) is 2.13. The Hall–Kier alpha value is -1.84. The molecule has 3 rings (SSSR count). The smallest absolute Gasteiger partial charge is 0.191 e. The Bertz CT molecular complexity index is 712. The van der Waals surface area contributed by atoms with Gasteiger partial charge in [0.2, 0.25) is 0 Å². The second-order valence-electron chi connectivity index (χ2n) is 6.98. The highest BCUT2D eigenvalue weighted by molar-refractivity contribution is 14.0. The van der Waals surface area contributed by atoms with E-state index in [9.17, 15) is 0 Å². The zero-order valence-electron chi connectivity index (χ0n) is 16.8. The second-order valence-corrected chi connectivity index (χ2v) is 6.98. The van der Waals surface area contributed by atoms with Crippen molar-refractivity contribution in [1.29, 1.82) is 0 Å². The van der Waals surface area contributed by atoms with Crippen LogP contribution in [0.2, 0.25) is 0 Å². The maximum atomic E-state index is 4.76. The van der Waals surface area contributed by atoms with Crippen LogP contribution in [-0.4, -0.2) is 53.4 Å². The number of halogens is 1. The number of anilines is 1. The molecule has 28 heavy (non-hydrogen) atoms. The molecule has 1 aliphatic rings. The number of aryl methyl sites for hydroxylation is 1. The van der Waals surface area contributed by atoms with Gasteiger partial charge in [-0.05, 0) is 31.4 Å². The molecular weight excluding hydrogens is 465 g/mol. The Balaban J connectivity index is 0.00000280. The van der Waals surface area contributed by atoms with Gasteiger partial charge in [0.05, 0.1) is 0 Å². The predicted molar refractivity (Wildman–Crippen MR) is 126 cm³/mol. The number of hydrogen-bond acceptors (Lipinski definition) is 4. The molecule has 1 aliphatic carbocycles. The maximum Gasteiger partial charge on any atom is 0.191 e. The van der Waals surface area contributed by atoms with Gasteiger partial charge in [-0.2, -0.15) is 0 Å². The van der Waals surface area contributed by atoms with E-state index in [-0.39, 0.29) is 24.0 Å². The molecule has 0 spiro atoms. The van der Waals surface area contributed by atoms with E-state index in [1.165, 1.54) is 18.5 Å². The zero-order chi connectivity index (χ0) is 18.9. The van der Waals surface area contributed by atoms with Crippen molar-refractivity contribution in [3.05, 3.63) is 42.5 Å². The van der Waals surface area contributed by atoms with E-state index in [1.54, 1.807) is 6.33 Å². The lowest BCUT2D eigenvalue weighted by Crippen LogP contribution is -2.40. The van der Waals surface area contributed by atoms with E-state index >= 15 is 0 Å². The Morgan fingerprint density at radius 2 is 2.07 bits per heavy atom. The third-order valence-electron chi connectivity index (χ3n) is 4.69. The topological polar surface area (TPSA) is 70.4 Å². The summed E-state index contributed by atoms with van der Waals surface area (Å²) in [4.78, 5) is 7.03. The fraction of sp³-hybridized carbons (Fsp3) is 0.550. The van der Waals surface area contributed by atoms with Crippen LogP contribution < -0.4 is 15.5 Å². The van der Waals surface area contributed by atoms with Gasteiger partial charge in [-0.3, -0.25) is 4.99 Å². The van der Waals surface area contributed by atoms with Gasteiger partial charge in [0.15, 0.2) is 5.96 Å². The molecule has 1 fully saturated rings. The van der Waals surface area contributed by atoms with E-state index in [4.69, 9.17) is 4.99 Å². The monoisotopic (exact) mass is 497 g/mol. The minimum absolute atomic E-state index is 0. The fourth-order valence-electron chi connectivity index (χ4n) is 2.92. The van der Waals surface area contributed by atoms with Gasteiger partial charge >= 0.3 is 0 Å². The first-order valence-corrected chi connectivity index (χ1v) is 9.94. The normalized spacial score (nSPS) is 13.7. The summed E-state index contributed by atoms with van der Waals surface area (Å²) >= 11 is 0. The van der Waals surface area contributed by atoms with Gasteiger partial charge in [-0.15, -0.1) is 34.2 Å². The van der Waals surface area contributed by atoms with Crippen molar-refractivity contribution in [2.24, 2.45) is 4.99 Å². The van der Waals surface area contributed by atoms with E-state index < -0.39 is 0 Å². The van der Waals surface area contributed by atoms with Crippen LogP contribution in [-0.2, 0) is 13.0 Å². The van der Waals surface area contributed by atoms with Crippen molar-refractivity contribution >= 4 is 35.6 Å². The van der Waals surface area contributed by atoms with Gasteiger partial charge in [-0.25, -0.2) is 0 Å². The third-order valence-corrected chi connectivity index (χ3v) is 4.69. The number of guanidine groups is 1. The van der Waals surface area contributed by atoms with E-state index in [0.29, 0.717) is 6.04 Å². The third kappa shape index (κ3) is 7.29. The molecule has 0 amide bonds. The number of nitrogens with zero attached hydrogens (tertiary/aromatic N) is 5. The average molecular weight is 497 g/mol. The fourth-order valence-corrected chi connectivity index (χ4v) is 2.92.